The summed E-state index contributed by atoms with van der Waals surface area (Å²) in [4.78, 5) is 14.6. The van der Waals surface area contributed by atoms with Crippen LogP contribution in [-0.4, -0.2) is 35.2 Å². The predicted molar refractivity (Wildman–Crippen MR) is 111 cm³/mol. The number of hydrogen-bond acceptors (Lipinski definition) is 3. The number of hydrogen-bond donors (Lipinski definition) is 2. The summed E-state index contributed by atoms with van der Waals surface area (Å²) >= 11 is 3.50. The van der Waals surface area contributed by atoms with Crippen molar-refractivity contribution in [2.24, 2.45) is 0 Å². The third kappa shape index (κ3) is 4.22. The zero-order chi connectivity index (χ0) is 18.6. The number of benzene rings is 2. The molecule has 5 nitrogen and oxygen atoms in total. The lowest BCUT2D eigenvalue weighted by molar-refractivity contribution is -0.121. The van der Waals surface area contributed by atoms with Crippen LogP contribution >= 0.6 is 15.9 Å². The number of rotatable bonds is 5. The molecule has 1 aromatic heterocycles. The Morgan fingerprint density at radius 2 is 1.96 bits per heavy atom. The molecule has 0 aliphatic carbocycles. The average molecular weight is 425 g/mol. The quantitative estimate of drug-likeness (QED) is 0.654. The molecule has 1 aliphatic heterocycles. The fourth-order valence-corrected chi connectivity index (χ4v) is 3.84. The molecule has 1 aliphatic rings. The van der Waals surface area contributed by atoms with Crippen LogP contribution in [0.4, 0.5) is 5.82 Å². The molecular formula is C21H21BrN4O. The number of carbonyl (C=O) groups is 1. The normalized spacial score (nSPS) is 16.5. The number of aromatic nitrogens is 2. The molecule has 2 N–H and O–H groups in total. The van der Waals surface area contributed by atoms with Gasteiger partial charge in [-0.25, -0.2) is 0 Å². The minimum atomic E-state index is 0.0563. The summed E-state index contributed by atoms with van der Waals surface area (Å²) in [6, 6.07) is 20.2. The smallest absolute Gasteiger partial charge is 0.224 e. The van der Waals surface area contributed by atoms with Gasteiger partial charge in [0.05, 0.1) is 12.1 Å². The molecule has 27 heavy (non-hydrogen) atoms. The third-order valence-electron chi connectivity index (χ3n) is 4.84. The number of H-pyrrole nitrogens is 1. The van der Waals surface area contributed by atoms with Gasteiger partial charge < -0.3 is 10.2 Å². The minimum Gasteiger partial charge on any atom is -0.353 e. The van der Waals surface area contributed by atoms with Gasteiger partial charge in [0.25, 0.3) is 0 Å². The Labute approximate surface area is 166 Å². The lowest BCUT2D eigenvalue weighted by Gasteiger charge is -2.16. The molecule has 1 amide bonds. The maximum absolute atomic E-state index is 12.4. The molecule has 2 heterocycles. The Hall–Kier alpha value is -2.60. The summed E-state index contributed by atoms with van der Waals surface area (Å²) in [5, 5.41) is 10.7. The highest BCUT2D eigenvalue weighted by Gasteiger charge is 2.25. The van der Waals surface area contributed by atoms with Crippen molar-refractivity contribution in [1.29, 1.82) is 0 Å². The summed E-state index contributed by atoms with van der Waals surface area (Å²) in [6.07, 6.45) is 1.31. The molecule has 1 unspecified atom stereocenters. The standard InChI is InChI=1S/C21H21BrN4O/c22-18-9-5-4-8-16(18)12-21(27)23-17-10-11-26(14-17)20-13-19(24-25-20)15-6-2-1-3-7-15/h1-9,13,17H,10-12,14H2,(H,23,27)(H,24,25). The van der Waals surface area contributed by atoms with Crippen LogP contribution in [0.1, 0.15) is 12.0 Å². The molecule has 138 valence electrons. The monoisotopic (exact) mass is 424 g/mol. The SMILES string of the molecule is O=C(Cc1ccccc1Br)NC1CCN(c2cc(-c3ccccc3)[nH]n2)C1. The van der Waals surface area contributed by atoms with E-state index in [1.807, 2.05) is 42.5 Å². The van der Waals surface area contributed by atoms with Crippen molar-refractivity contribution in [2.45, 2.75) is 18.9 Å². The van der Waals surface area contributed by atoms with Gasteiger partial charge in [-0.1, -0.05) is 64.5 Å². The molecule has 0 saturated carbocycles. The van der Waals surface area contributed by atoms with Crippen molar-refractivity contribution in [3.63, 3.8) is 0 Å². The average Bonchev–Trinajstić information content (AvgIpc) is 3.34. The summed E-state index contributed by atoms with van der Waals surface area (Å²) in [5.41, 5.74) is 3.13. The van der Waals surface area contributed by atoms with E-state index in [9.17, 15) is 4.79 Å². The van der Waals surface area contributed by atoms with E-state index >= 15 is 0 Å². The van der Waals surface area contributed by atoms with E-state index in [4.69, 9.17) is 0 Å². The highest BCUT2D eigenvalue weighted by Crippen LogP contribution is 2.24. The van der Waals surface area contributed by atoms with Gasteiger partial charge in [-0.15, -0.1) is 0 Å². The van der Waals surface area contributed by atoms with Gasteiger partial charge in [-0.3, -0.25) is 9.89 Å². The maximum atomic E-state index is 12.4. The van der Waals surface area contributed by atoms with Crippen LogP contribution < -0.4 is 10.2 Å². The number of nitrogens with one attached hydrogen (secondary N) is 2. The molecule has 0 radical (unpaired) electrons. The largest absolute Gasteiger partial charge is 0.353 e. The predicted octanol–water partition coefficient (Wildman–Crippen LogP) is 3.78. The molecular weight excluding hydrogens is 404 g/mol. The number of carbonyl (C=O) groups excluding carboxylic acids is 1. The zero-order valence-corrected chi connectivity index (χ0v) is 16.4. The van der Waals surface area contributed by atoms with Crippen molar-refractivity contribution in [2.75, 3.05) is 18.0 Å². The Balaban J connectivity index is 1.34. The summed E-state index contributed by atoms with van der Waals surface area (Å²) in [6.45, 7) is 1.67. The Kier molecular flexibility index (Phi) is 5.25. The van der Waals surface area contributed by atoms with Crippen LogP contribution in [0.2, 0.25) is 0 Å². The highest BCUT2D eigenvalue weighted by atomic mass is 79.9. The topological polar surface area (TPSA) is 61.0 Å². The number of anilines is 1. The Morgan fingerprint density at radius 3 is 2.78 bits per heavy atom. The van der Waals surface area contributed by atoms with Crippen LogP contribution in [0.3, 0.4) is 0 Å². The van der Waals surface area contributed by atoms with Gasteiger partial charge in [0.1, 0.15) is 0 Å². The van der Waals surface area contributed by atoms with E-state index in [1.165, 1.54) is 0 Å². The van der Waals surface area contributed by atoms with Crippen molar-refractivity contribution in [3.05, 3.63) is 70.7 Å². The summed E-state index contributed by atoms with van der Waals surface area (Å²) in [7, 11) is 0. The van der Waals surface area contributed by atoms with Gasteiger partial charge in [0.15, 0.2) is 5.82 Å². The van der Waals surface area contributed by atoms with Gasteiger partial charge in [-0.05, 0) is 23.6 Å². The van der Waals surface area contributed by atoms with Crippen LogP contribution in [-0.2, 0) is 11.2 Å². The summed E-state index contributed by atoms with van der Waals surface area (Å²) in [5.74, 6) is 0.983. The molecule has 3 aromatic rings. The number of nitrogens with zero attached hydrogens (tertiary/aromatic N) is 2. The lowest BCUT2D eigenvalue weighted by atomic mass is 10.1. The maximum Gasteiger partial charge on any atom is 0.224 e. The zero-order valence-electron chi connectivity index (χ0n) is 14.9. The van der Waals surface area contributed by atoms with Crippen molar-refractivity contribution in [3.8, 4) is 11.3 Å². The molecule has 2 aromatic carbocycles. The van der Waals surface area contributed by atoms with Crippen LogP contribution in [0, 0.1) is 0 Å². The van der Waals surface area contributed by atoms with Gasteiger partial charge >= 0.3 is 0 Å². The lowest BCUT2D eigenvalue weighted by Crippen LogP contribution is -2.38. The second kappa shape index (κ2) is 7.96. The van der Waals surface area contributed by atoms with E-state index in [-0.39, 0.29) is 11.9 Å². The first-order chi connectivity index (χ1) is 13.2. The van der Waals surface area contributed by atoms with Crippen molar-refractivity contribution < 1.29 is 4.79 Å². The van der Waals surface area contributed by atoms with E-state index in [2.05, 4.69) is 54.5 Å². The first-order valence-corrected chi connectivity index (χ1v) is 9.87. The minimum absolute atomic E-state index is 0.0563. The molecule has 4 rings (SSSR count). The third-order valence-corrected chi connectivity index (χ3v) is 5.61. The fraction of sp³-hybridized carbons (Fsp3) is 0.238. The second-order valence-electron chi connectivity index (χ2n) is 6.77. The van der Waals surface area contributed by atoms with E-state index < -0.39 is 0 Å². The van der Waals surface area contributed by atoms with E-state index in [0.29, 0.717) is 6.42 Å². The van der Waals surface area contributed by atoms with E-state index in [1.54, 1.807) is 0 Å². The van der Waals surface area contributed by atoms with Crippen LogP contribution in [0.5, 0.6) is 0 Å². The van der Waals surface area contributed by atoms with Gasteiger partial charge in [0, 0.05) is 29.7 Å². The molecule has 6 heteroatoms. The second-order valence-corrected chi connectivity index (χ2v) is 7.63. The first kappa shape index (κ1) is 17.8. The molecule has 1 fully saturated rings. The van der Waals surface area contributed by atoms with Gasteiger partial charge in [-0.2, -0.15) is 5.10 Å². The number of halogens is 1. The Bertz CT molecular complexity index is 925. The first-order valence-electron chi connectivity index (χ1n) is 9.07. The molecule has 0 bridgehead atoms. The van der Waals surface area contributed by atoms with Crippen LogP contribution in [0.15, 0.2) is 65.1 Å². The Morgan fingerprint density at radius 1 is 1.19 bits per heavy atom. The molecule has 0 spiro atoms. The van der Waals surface area contributed by atoms with Gasteiger partial charge in [0.2, 0.25) is 5.91 Å². The number of aromatic amines is 1. The fourth-order valence-electron chi connectivity index (χ4n) is 3.42. The van der Waals surface area contributed by atoms with Crippen LogP contribution in [0.25, 0.3) is 11.3 Å². The van der Waals surface area contributed by atoms with Crippen molar-refractivity contribution in [1.82, 2.24) is 15.5 Å². The molecule has 1 atom stereocenters. The molecule has 1 saturated heterocycles. The van der Waals surface area contributed by atoms with Crippen molar-refractivity contribution >= 4 is 27.7 Å². The van der Waals surface area contributed by atoms with E-state index in [0.717, 1.165) is 46.6 Å². The summed E-state index contributed by atoms with van der Waals surface area (Å²) < 4.78 is 0.971. The number of amides is 1. The highest BCUT2D eigenvalue weighted by molar-refractivity contribution is 9.10.